The van der Waals surface area contributed by atoms with E-state index >= 15 is 0 Å². The molecule has 5 heteroatoms. The molecular weight excluding hydrogens is 256 g/mol. The summed E-state index contributed by atoms with van der Waals surface area (Å²) < 4.78 is 5.08. The molecule has 5 nitrogen and oxygen atoms in total. The molecule has 0 aliphatic heterocycles. The van der Waals surface area contributed by atoms with Gasteiger partial charge in [0.15, 0.2) is 0 Å². The Morgan fingerprint density at radius 3 is 2.45 bits per heavy atom. The minimum atomic E-state index is -0.196. The SMILES string of the molecule is CCC(CC)(CO)CNC(=O)CCc1c(C)noc1C. The summed E-state index contributed by atoms with van der Waals surface area (Å²) in [5, 5.41) is 16.3. The van der Waals surface area contributed by atoms with Crippen LogP contribution in [0.3, 0.4) is 0 Å². The molecule has 0 radical (unpaired) electrons. The summed E-state index contributed by atoms with van der Waals surface area (Å²) in [6, 6.07) is 0. The molecule has 1 rings (SSSR count). The van der Waals surface area contributed by atoms with Crippen LogP contribution in [0.5, 0.6) is 0 Å². The Balaban J connectivity index is 2.45. The van der Waals surface area contributed by atoms with E-state index in [9.17, 15) is 9.90 Å². The fourth-order valence-electron chi connectivity index (χ4n) is 2.25. The lowest BCUT2D eigenvalue weighted by Gasteiger charge is -2.29. The highest BCUT2D eigenvalue weighted by molar-refractivity contribution is 5.76. The number of aryl methyl sites for hydroxylation is 2. The minimum absolute atomic E-state index is 0.00438. The van der Waals surface area contributed by atoms with E-state index in [1.807, 2.05) is 27.7 Å². The Morgan fingerprint density at radius 2 is 2.00 bits per heavy atom. The van der Waals surface area contributed by atoms with Gasteiger partial charge < -0.3 is 14.9 Å². The summed E-state index contributed by atoms with van der Waals surface area (Å²) in [6.45, 7) is 8.44. The van der Waals surface area contributed by atoms with Crippen LogP contribution in [-0.4, -0.2) is 29.3 Å². The Bertz CT molecular complexity index is 409. The summed E-state index contributed by atoms with van der Waals surface area (Å²) >= 11 is 0. The maximum atomic E-state index is 11.9. The first-order chi connectivity index (χ1) is 9.48. The van der Waals surface area contributed by atoms with E-state index in [4.69, 9.17) is 4.52 Å². The first-order valence-electron chi connectivity index (χ1n) is 7.27. The second-order valence-corrected chi connectivity index (χ2v) is 5.44. The summed E-state index contributed by atoms with van der Waals surface area (Å²) in [7, 11) is 0. The summed E-state index contributed by atoms with van der Waals surface area (Å²) in [5.74, 6) is 0.784. The highest BCUT2D eigenvalue weighted by Crippen LogP contribution is 2.24. The zero-order valence-corrected chi connectivity index (χ0v) is 13.0. The van der Waals surface area contributed by atoms with E-state index in [1.165, 1.54) is 0 Å². The third kappa shape index (κ3) is 4.07. The highest BCUT2D eigenvalue weighted by atomic mass is 16.5. The van der Waals surface area contributed by atoms with Gasteiger partial charge >= 0.3 is 0 Å². The number of hydrogen-bond donors (Lipinski definition) is 2. The maximum Gasteiger partial charge on any atom is 0.220 e. The first-order valence-corrected chi connectivity index (χ1v) is 7.27. The Morgan fingerprint density at radius 1 is 1.35 bits per heavy atom. The van der Waals surface area contributed by atoms with Gasteiger partial charge in [0.25, 0.3) is 0 Å². The Labute approximate surface area is 120 Å². The number of carbonyl (C=O) groups excluding carboxylic acids is 1. The van der Waals surface area contributed by atoms with Gasteiger partial charge in [-0.1, -0.05) is 19.0 Å². The van der Waals surface area contributed by atoms with Crippen LogP contribution in [0.1, 0.15) is 50.1 Å². The van der Waals surface area contributed by atoms with Gasteiger partial charge in [-0.3, -0.25) is 4.79 Å². The van der Waals surface area contributed by atoms with Gasteiger partial charge in [0.1, 0.15) is 5.76 Å². The average molecular weight is 282 g/mol. The molecule has 0 saturated heterocycles. The van der Waals surface area contributed by atoms with Crippen molar-refractivity contribution < 1.29 is 14.4 Å². The van der Waals surface area contributed by atoms with Crippen LogP contribution < -0.4 is 5.32 Å². The zero-order valence-electron chi connectivity index (χ0n) is 13.0. The van der Waals surface area contributed by atoms with Gasteiger partial charge in [-0.15, -0.1) is 0 Å². The Hall–Kier alpha value is -1.36. The van der Waals surface area contributed by atoms with Crippen LogP contribution in [0.4, 0.5) is 0 Å². The molecule has 0 fully saturated rings. The van der Waals surface area contributed by atoms with Crippen molar-refractivity contribution >= 4 is 5.91 Å². The number of aliphatic hydroxyl groups is 1. The number of nitrogens with one attached hydrogen (secondary N) is 1. The lowest BCUT2D eigenvalue weighted by molar-refractivity contribution is -0.121. The predicted molar refractivity (Wildman–Crippen MR) is 77.4 cm³/mol. The van der Waals surface area contributed by atoms with Gasteiger partial charge in [0.05, 0.1) is 12.3 Å². The first kappa shape index (κ1) is 16.7. The van der Waals surface area contributed by atoms with Crippen LogP contribution in [0.2, 0.25) is 0 Å². The number of carbonyl (C=O) groups is 1. The monoisotopic (exact) mass is 282 g/mol. The largest absolute Gasteiger partial charge is 0.396 e. The van der Waals surface area contributed by atoms with E-state index < -0.39 is 0 Å². The summed E-state index contributed by atoms with van der Waals surface area (Å²) in [6.07, 6.45) is 2.75. The van der Waals surface area contributed by atoms with E-state index in [0.29, 0.717) is 19.4 Å². The van der Waals surface area contributed by atoms with Crippen molar-refractivity contribution in [2.24, 2.45) is 5.41 Å². The molecule has 0 atom stereocenters. The maximum absolute atomic E-state index is 11.9. The topological polar surface area (TPSA) is 75.4 Å². The van der Waals surface area contributed by atoms with Gasteiger partial charge in [-0.05, 0) is 33.1 Å². The molecular formula is C15H26N2O3. The highest BCUT2D eigenvalue weighted by Gasteiger charge is 2.25. The lowest BCUT2D eigenvalue weighted by Crippen LogP contribution is -2.39. The molecule has 0 unspecified atom stereocenters. The number of hydrogen-bond acceptors (Lipinski definition) is 4. The fourth-order valence-corrected chi connectivity index (χ4v) is 2.25. The molecule has 114 valence electrons. The van der Waals surface area contributed by atoms with Crippen LogP contribution in [0.15, 0.2) is 4.52 Å². The quantitative estimate of drug-likeness (QED) is 0.766. The molecule has 0 spiro atoms. The zero-order chi connectivity index (χ0) is 15.2. The van der Waals surface area contributed by atoms with Crippen molar-refractivity contribution in [1.82, 2.24) is 10.5 Å². The summed E-state index contributed by atoms with van der Waals surface area (Å²) in [5.41, 5.74) is 1.67. The van der Waals surface area contributed by atoms with Gasteiger partial charge in [-0.25, -0.2) is 0 Å². The van der Waals surface area contributed by atoms with Crippen molar-refractivity contribution in [3.05, 3.63) is 17.0 Å². The number of aromatic nitrogens is 1. The molecule has 1 heterocycles. The van der Waals surface area contributed by atoms with Crippen molar-refractivity contribution in [3.63, 3.8) is 0 Å². The van der Waals surface area contributed by atoms with Gasteiger partial charge in [0.2, 0.25) is 5.91 Å². The smallest absolute Gasteiger partial charge is 0.220 e. The van der Waals surface area contributed by atoms with E-state index in [2.05, 4.69) is 10.5 Å². The molecule has 0 aromatic carbocycles. The molecule has 2 N–H and O–H groups in total. The van der Waals surface area contributed by atoms with Gasteiger partial charge in [0, 0.05) is 23.9 Å². The number of nitrogens with zero attached hydrogens (tertiary/aromatic N) is 1. The minimum Gasteiger partial charge on any atom is -0.396 e. The molecule has 1 aromatic rings. The normalized spacial score (nSPS) is 11.7. The lowest BCUT2D eigenvalue weighted by atomic mass is 9.83. The third-order valence-electron chi connectivity index (χ3n) is 4.28. The standard InChI is InChI=1S/C15H26N2O3/c1-5-15(6-2,10-18)9-16-14(19)8-7-13-11(3)17-20-12(13)4/h18H,5-10H2,1-4H3,(H,16,19). The summed E-state index contributed by atoms with van der Waals surface area (Å²) in [4.78, 5) is 11.9. The number of amides is 1. The van der Waals surface area contributed by atoms with Crippen molar-refractivity contribution in [1.29, 1.82) is 0 Å². The van der Waals surface area contributed by atoms with Crippen LogP contribution in [0.25, 0.3) is 0 Å². The van der Waals surface area contributed by atoms with Crippen molar-refractivity contribution in [2.45, 2.75) is 53.4 Å². The third-order valence-corrected chi connectivity index (χ3v) is 4.28. The predicted octanol–water partition coefficient (Wildman–Crippen LogP) is 2.14. The number of rotatable bonds is 8. The van der Waals surface area contributed by atoms with E-state index in [1.54, 1.807) is 0 Å². The molecule has 0 aliphatic rings. The Kier molecular flexibility index (Phi) is 6.20. The molecule has 0 aliphatic carbocycles. The van der Waals surface area contributed by atoms with Crippen molar-refractivity contribution in [2.75, 3.05) is 13.2 Å². The van der Waals surface area contributed by atoms with E-state index in [-0.39, 0.29) is 17.9 Å². The van der Waals surface area contributed by atoms with Crippen molar-refractivity contribution in [3.8, 4) is 0 Å². The molecule has 1 aromatic heterocycles. The average Bonchev–Trinajstić information content (AvgIpc) is 2.78. The fraction of sp³-hybridized carbons (Fsp3) is 0.733. The molecule has 20 heavy (non-hydrogen) atoms. The second-order valence-electron chi connectivity index (χ2n) is 5.44. The van der Waals surface area contributed by atoms with Gasteiger partial charge in [-0.2, -0.15) is 0 Å². The molecule has 0 saturated carbocycles. The molecule has 0 bridgehead atoms. The van der Waals surface area contributed by atoms with Crippen LogP contribution in [0, 0.1) is 19.3 Å². The molecule has 1 amide bonds. The van der Waals surface area contributed by atoms with Crippen LogP contribution >= 0.6 is 0 Å². The second kappa shape index (κ2) is 7.43. The number of aliphatic hydroxyl groups excluding tert-OH is 1. The van der Waals surface area contributed by atoms with E-state index in [0.717, 1.165) is 29.9 Å². The van der Waals surface area contributed by atoms with Crippen LogP contribution in [-0.2, 0) is 11.2 Å².